The van der Waals surface area contributed by atoms with Crippen molar-refractivity contribution in [2.75, 3.05) is 19.3 Å². The van der Waals surface area contributed by atoms with E-state index in [0.717, 1.165) is 50.4 Å². The molecule has 27 heavy (non-hydrogen) atoms. The van der Waals surface area contributed by atoms with E-state index >= 15 is 0 Å². The highest BCUT2D eigenvalue weighted by atomic mass is 32.2. The highest BCUT2D eigenvalue weighted by Gasteiger charge is 2.21. The number of likely N-dealkylation sites (N-methyl/N-ethyl adjacent to an activating group) is 1. The summed E-state index contributed by atoms with van der Waals surface area (Å²) < 4.78 is 0. The highest BCUT2D eigenvalue weighted by Crippen LogP contribution is 2.14. The van der Waals surface area contributed by atoms with E-state index in [1.54, 1.807) is 7.05 Å². The zero-order chi connectivity index (χ0) is 20.7. The van der Waals surface area contributed by atoms with Crippen LogP contribution in [-0.2, 0) is 19.2 Å². The smallest absolute Gasteiger partial charge is 0.222 e. The summed E-state index contributed by atoms with van der Waals surface area (Å²) in [6, 6.07) is -0.377. The van der Waals surface area contributed by atoms with E-state index < -0.39 is 0 Å². The first-order valence-corrected chi connectivity index (χ1v) is 11.0. The number of carbonyl (C=O) groups is 4. The topological polar surface area (TPSA) is 83.6 Å². The molecule has 0 rings (SSSR count). The van der Waals surface area contributed by atoms with Crippen LogP contribution in [-0.4, -0.2) is 59.9 Å². The molecule has 0 aliphatic rings. The average molecular weight is 401 g/mol. The predicted octanol–water partition coefficient (Wildman–Crippen LogP) is 2.84. The average Bonchev–Trinajstić information content (AvgIpc) is 2.63. The highest BCUT2D eigenvalue weighted by molar-refractivity contribution is 8.00. The zero-order valence-corrected chi connectivity index (χ0v) is 18.1. The Morgan fingerprint density at radius 1 is 1.07 bits per heavy atom. The first-order valence-electron chi connectivity index (χ1n) is 9.91. The maximum Gasteiger partial charge on any atom is 0.222 e. The van der Waals surface area contributed by atoms with E-state index in [9.17, 15) is 19.2 Å². The van der Waals surface area contributed by atoms with Gasteiger partial charge in [0.1, 0.15) is 12.6 Å². The summed E-state index contributed by atoms with van der Waals surface area (Å²) in [4.78, 5) is 47.6. The maximum atomic E-state index is 12.1. The SMILES string of the molecule is CCCCSC(C=O)CC(=O)NCCCCCC(=O)N(C)C(C=O)C(C)C. The standard InChI is InChI=1S/C20H36N2O4S/c1-5-6-12-27-17(14-23)13-19(25)21-11-9-7-8-10-20(26)22(4)18(15-24)16(2)3/h14-18H,5-13H2,1-4H3,(H,21,25). The van der Waals surface area contributed by atoms with Gasteiger partial charge in [-0.3, -0.25) is 9.59 Å². The van der Waals surface area contributed by atoms with E-state index in [1.165, 1.54) is 16.7 Å². The monoisotopic (exact) mass is 400 g/mol. The van der Waals surface area contributed by atoms with E-state index in [1.807, 2.05) is 13.8 Å². The number of nitrogens with zero attached hydrogens (tertiary/aromatic N) is 1. The molecular weight excluding hydrogens is 364 g/mol. The lowest BCUT2D eigenvalue weighted by Crippen LogP contribution is -2.41. The van der Waals surface area contributed by atoms with Gasteiger partial charge < -0.3 is 19.8 Å². The number of hydrogen-bond donors (Lipinski definition) is 1. The van der Waals surface area contributed by atoms with Gasteiger partial charge in [-0.1, -0.05) is 33.6 Å². The molecule has 0 aromatic rings. The van der Waals surface area contributed by atoms with Gasteiger partial charge in [0.2, 0.25) is 11.8 Å². The van der Waals surface area contributed by atoms with Crippen molar-refractivity contribution in [1.29, 1.82) is 0 Å². The van der Waals surface area contributed by atoms with E-state index in [0.29, 0.717) is 13.0 Å². The van der Waals surface area contributed by atoms with Crippen LogP contribution in [0, 0.1) is 5.92 Å². The van der Waals surface area contributed by atoms with Gasteiger partial charge in [0.25, 0.3) is 0 Å². The Morgan fingerprint density at radius 2 is 1.78 bits per heavy atom. The molecule has 2 atom stereocenters. The third-order valence-corrected chi connectivity index (χ3v) is 5.65. The summed E-state index contributed by atoms with van der Waals surface area (Å²) in [6.07, 6.45) is 6.79. The van der Waals surface area contributed by atoms with Gasteiger partial charge in [0, 0.05) is 26.4 Å². The van der Waals surface area contributed by atoms with Crippen molar-refractivity contribution >= 4 is 36.1 Å². The molecule has 0 heterocycles. The van der Waals surface area contributed by atoms with Gasteiger partial charge >= 0.3 is 0 Å². The number of hydrogen-bond acceptors (Lipinski definition) is 5. The van der Waals surface area contributed by atoms with Crippen molar-refractivity contribution in [3.8, 4) is 0 Å². The van der Waals surface area contributed by atoms with Crippen molar-refractivity contribution < 1.29 is 19.2 Å². The molecule has 0 bridgehead atoms. The quantitative estimate of drug-likeness (QED) is 0.318. The molecule has 0 aliphatic heterocycles. The predicted molar refractivity (Wildman–Crippen MR) is 111 cm³/mol. The first kappa shape index (κ1) is 25.6. The minimum atomic E-state index is -0.377. The van der Waals surface area contributed by atoms with Gasteiger partial charge in [0.05, 0.1) is 11.3 Å². The molecule has 0 spiro atoms. The van der Waals surface area contributed by atoms with Crippen LogP contribution in [0.2, 0.25) is 0 Å². The molecule has 2 unspecified atom stereocenters. The van der Waals surface area contributed by atoms with Crippen LogP contribution in [0.1, 0.15) is 65.7 Å². The molecule has 0 saturated heterocycles. The van der Waals surface area contributed by atoms with E-state index in [4.69, 9.17) is 0 Å². The lowest BCUT2D eigenvalue weighted by Gasteiger charge is -2.26. The Kier molecular flexibility index (Phi) is 14.9. The molecule has 0 fully saturated rings. The maximum absolute atomic E-state index is 12.1. The Hall–Kier alpha value is -1.37. The largest absolute Gasteiger partial charge is 0.356 e. The Balaban J connectivity index is 3.89. The number of carbonyl (C=O) groups excluding carboxylic acids is 4. The summed E-state index contributed by atoms with van der Waals surface area (Å²) >= 11 is 1.54. The minimum Gasteiger partial charge on any atom is -0.356 e. The summed E-state index contributed by atoms with van der Waals surface area (Å²) in [5.74, 6) is 0.875. The second-order valence-corrected chi connectivity index (χ2v) is 8.49. The fourth-order valence-electron chi connectivity index (χ4n) is 2.62. The molecule has 0 radical (unpaired) electrons. The van der Waals surface area contributed by atoms with Crippen LogP contribution in [0.25, 0.3) is 0 Å². The molecule has 0 aliphatic carbocycles. The molecular formula is C20H36N2O4S. The lowest BCUT2D eigenvalue weighted by atomic mass is 10.0. The number of unbranched alkanes of at least 4 members (excludes halogenated alkanes) is 3. The zero-order valence-electron chi connectivity index (χ0n) is 17.2. The first-order chi connectivity index (χ1) is 12.9. The van der Waals surface area contributed by atoms with Gasteiger partial charge in [-0.25, -0.2) is 0 Å². The van der Waals surface area contributed by atoms with Crippen molar-refractivity contribution in [3.05, 3.63) is 0 Å². The number of aldehydes is 2. The normalized spacial score (nSPS) is 13.1. The summed E-state index contributed by atoms with van der Waals surface area (Å²) in [7, 11) is 1.67. The number of rotatable bonds is 16. The van der Waals surface area contributed by atoms with Crippen LogP contribution < -0.4 is 5.32 Å². The molecule has 1 N–H and O–H groups in total. The van der Waals surface area contributed by atoms with Crippen LogP contribution in [0.15, 0.2) is 0 Å². The van der Waals surface area contributed by atoms with Crippen molar-refractivity contribution in [2.45, 2.75) is 77.0 Å². The summed E-state index contributed by atoms with van der Waals surface area (Å²) in [6.45, 7) is 6.49. The Morgan fingerprint density at radius 3 is 2.33 bits per heavy atom. The molecule has 6 nitrogen and oxygen atoms in total. The molecule has 0 aromatic heterocycles. The molecule has 7 heteroatoms. The summed E-state index contributed by atoms with van der Waals surface area (Å²) in [5.41, 5.74) is 0. The number of nitrogens with one attached hydrogen (secondary N) is 1. The second kappa shape index (κ2) is 15.7. The van der Waals surface area contributed by atoms with Gasteiger partial charge in [0.15, 0.2) is 0 Å². The lowest BCUT2D eigenvalue weighted by molar-refractivity contribution is -0.136. The summed E-state index contributed by atoms with van der Waals surface area (Å²) in [5, 5.41) is 2.57. The van der Waals surface area contributed by atoms with Crippen LogP contribution in [0.3, 0.4) is 0 Å². The van der Waals surface area contributed by atoms with Crippen molar-refractivity contribution in [2.24, 2.45) is 5.92 Å². The number of thioether (sulfide) groups is 1. The van der Waals surface area contributed by atoms with E-state index in [-0.39, 0.29) is 35.4 Å². The van der Waals surface area contributed by atoms with Crippen LogP contribution >= 0.6 is 11.8 Å². The Bertz CT molecular complexity index is 457. The van der Waals surface area contributed by atoms with Crippen molar-refractivity contribution in [1.82, 2.24) is 10.2 Å². The molecule has 156 valence electrons. The second-order valence-electron chi connectivity index (χ2n) is 7.14. The van der Waals surface area contributed by atoms with Crippen LogP contribution in [0.5, 0.6) is 0 Å². The fourth-order valence-corrected chi connectivity index (χ4v) is 3.73. The third kappa shape index (κ3) is 11.8. The molecule has 2 amide bonds. The molecule has 0 saturated carbocycles. The van der Waals surface area contributed by atoms with Gasteiger partial charge in [-0.15, -0.1) is 0 Å². The minimum absolute atomic E-state index is 0.0252. The Labute approximate surface area is 168 Å². The van der Waals surface area contributed by atoms with Gasteiger partial charge in [-0.05, 0) is 30.9 Å². The van der Waals surface area contributed by atoms with E-state index in [2.05, 4.69) is 12.2 Å². The van der Waals surface area contributed by atoms with Gasteiger partial charge in [-0.2, -0.15) is 11.8 Å². The number of amides is 2. The third-order valence-electron chi connectivity index (χ3n) is 4.42. The fraction of sp³-hybridized carbons (Fsp3) is 0.800. The van der Waals surface area contributed by atoms with Crippen molar-refractivity contribution in [3.63, 3.8) is 0 Å². The van der Waals surface area contributed by atoms with Crippen LogP contribution in [0.4, 0.5) is 0 Å². The molecule has 0 aromatic carbocycles.